The van der Waals surface area contributed by atoms with Crippen LogP contribution in [0.3, 0.4) is 0 Å². The van der Waals surface area contributed by atoms with Crippen molar-refractivity contribution in [2.24, 2.45) is 0 Å². The van der Waals surface area contributed by atoms with E-state index in [1.165, 1.54) is 0 Å². The predicted molar refractivity (Wildman–Crippen MR) is 77.0 cm³/mol. The zero-order valence-corrected chi connectivity index (χ0v) is 13.0. The van der Waals surface area contributed by atoms with Gasteiger partial charge in [-0.15, -0.1) is 0 Å². The van der Waals surface area contributed by atoms with E-state index < -0.39 is 0 Å². The molecular weight excluding hydrogens is 294 g/mol. The number of benzene rings is 1. The minimum atomic E-state index is 0.275. The standard InChI is InChI=1S/C14H22BrNO2/c1-14(2,3)16-8-9-17-10-11-18-13-6-4-12(15)5-7-13/h4-7,16H,8-11H2,1-3H3/p+1. The van der Waals surface area contributed by atoms with Gasteiger partial charge >= 0.3 is 0 Å². The average Bonchev–Trinajstić information content (AvgIpc) is 2.29. The summed E-state index contributed by atoms with van der Waals surface area (Å²) < 4.78 is 12.1. The van der Waals surface area contributed by atoms with Crippen LogP contribution in [0.5, 0.6) is 5.75 Å². The van der Waals surface area contributed by atoms with Gasteiger partial charge in [-0.3, -0.25) is 0 Å². The van der Waals surface area contributed by atoms with Crippen molar-refractivity contribution >= 4 is 15.9 Å². The lowest BCUT2D eigenvalue weighted by molar-refractivity contribution is -0.718. The van der Waals surface area contributed by atoms with E-state index in [1.807, 2.05) is 24.3 Å². The highest BCUT2D eigenvalue weighted by molar-refractivity contribution is 9.10. The van der Waals surface area contributed by atoms with E-state index in [0.717, 1.165) is 23.4 Å². The van der Waals surface area contributed by atoms with Crippen LogP contribution in [-0.2, 0) is 4.74 Å². The molecular formula is C14H23BrNO2+. The molecule has 0 atom stereocenters. The SMILES string of the molecule is CC(C)(C)[NH2+]CCOCCOc1ccc(Br)cc1. The van der Waals surface area contributed by atoms with Gasteiger partial charge in [-0.05, 0) is 45.0 Å². The van der Waals surface area contributed by atoms with E-state index in [2.05, 4.69) is 42.0 Å². The third kappa shape index (κ3) is 7.69. The Balaban J connectivity index is 2.00. The van der Waals surface area contributed by atoms with Crippen LogP contribution in [-0.4, -0.2) is 31.9 Å². The summed E-state index contributed by atoms with van der Waals surface area (Å²) in [6.45, 7) is 9.57. The summed E-state index contributed by atoms with van der Waals surface area (Å²) in [6.07, 6.45) is 0. The van der Waals surface area contributed by atoms with Crippen molar-refractivity contribution in [1.29, 1.82) is 0 Å². The monoisotopic (exact) mass is 316 g/mol. The van der Waals surface area contributed by atoms with Gasteiger partial charge in [0, 0.05) is 4.47 Å². The first-order chi connectivity index (χ1) is 8.47. The minimum Gasteiger partial charge on any atom is -0.491 e. The summed E-state index contributed by atoms with van der Waals surface area (Å²) in [7, 11) is 0. The lowest BCUT2D eigenvalue weighted by Crippen LogP contribution is -2.95. The first-order valence-corrected chi connectivity index (χ1v) is 7.07. The van der Waals surface area contributed by atoms with Crippen LogP contribution in [0.15, 0.2) is 28.7 Å². The van der Waals surface area contributed by atoms with E-state index in [-0.39, 0.29) is 5.54 Å². The molecule has 1 aromatic carbocycles. The zero-order chi connectivity index (χ0) is 13.4. The molecule has 102 valence electrons. The summed E-state index contributed by atoms with van der Waals surface area (Å²) in [4.78, 5) is 0. The predicted octanol–water partition coefficient (Wildman–Crippen LogP) is 2.21. The smallest absolute Gasteiger partial charge is 0.119 e. The molecule has 4 heteroatoms. The number of hydrogen-bond donors (Lipinski definition) is 1. The third-order valence-electron chi connectivity index (χ3n) is 2.33. The van der Waals surface area contributed by atoms with Crippen molar-refractivity contribution in [2.75, 3.05) is 26.4 Å². The van der Waals surface area contributed by atoms with Crippen LogP contribution in [0.1, 0.15) is 20.8 Å². The van der Waals surface area contributed by atoms with Crippen LogP contribution in [0, 0.1) is 0 Å². The van der Waals surface area contributed by atoms with Gasteiger partial charge in [-0.25, -0.2) is 0 Å². The molecule has 0 unspecified atom stereocenters. The van der Waals surface area contributed by atoms with Gasteiger partial charge in [-0.2, -0.15) is 0 Å². The Morgan fingerprint density at radius 2 is 1.72 bits per heavy atom. The molecule has 0 fully saturated rings. The summed E-state index contributed by atoms with van der Waals surface area (Å²) in [5, 5.41) is 2.28. The van der Waals surface area contributed by atoms with Crippen LogP contribution < -0.4 is 10.1 Å². The van der Waals surface area contributed by atoms with Crippen molar-refractivity contribution in [3.63, 3.8) is 0 Å². The van der Waals surface area contributed by atoms with E-state index in [0.29, 0.717) is 13.2 Å². The second kappa shape index (κ2) is 7.77. The second-order valence-corrected chi connectivity index (χ2v) is 6.19. The van der Waals surface area contributed by atoms with Crippen molar-refractivity contribution in [1.82, 2.24) is 0 Å². The molecule has 0 aliphatic heterocycles. The Kier molecular flexibility index (Phi) is 6.68. The first kappa shape index (κ1) is 15.5. The van der Waals surface area contributed by atoms with Gasteiger partial charge < -0.3 is 14.8 Å². The molecule has 0 heterocycles. The molecule has 0 aliphatic rings. The molecule has 3 nitrogen and oxygen atoms in total. The molecule has 0 spiro atoms. The zero-order valence-electron chi connectivity index (χ0n) is 11.4. The normalized spacial score (nSPS) is 11.6. The van der Waals surface area contributed by atoms with Crippen LogP contribution in [0.25, 0.3) is 0 Å². The molecule has 0 bridgehead atoms. The fraction of sp³-hybridized carbons (Fsp3) is 0.571. The van der Waals surface area contributed by atoms with E-state index in [4.69, 9.17) is 9.47 Å². The fourth-order valence-electron chi connectivity index (χ4n) is 1.43. The van der Waals surface area contributed by atoms with Gasteiger partial charge in [0.1, 0.15) is 12.4 Å². The molecule has 0 aliphatic carbocycles. The first-order valence-electron chi connectivity index (χ1n) is 6.28. The second-order valence-electron chi connectivity index (χ2n) is 5.27. The van der Waals surface area contributed by atoms with Crippen molar-refractivity contribution in [3.05, 3.63) is 28.7 Å². The van der Waals surface area contributed by atoms with Crippen molar-refractivity contribution in [2.45, 2.75) is 26.3 Å². The molecule has 18 heavy (non-hydrogen) atoms. The number of rotatable bonds is 7. The van der Waals surface area contributed by atoms with Gasteiger partial charge in [0.05, 0.1) is 25.3 Å². The van der Waals surface area contributed by atoms with E-state index in [1.54, 1.807) is 0 Å². The summed E-state index contributed by atoms with van der Waals surface area (Å²) in [5.41, 5.74) is 0.275. The maximum Gasteiger partial charge on any atom is 0.119 e. The molecule has 1 rings (SSSR count). The molecule has 0 radical (unpaired) electrons. The number of ether oxygens (including phenoxy) is 2. The molecule has 0 saturated heterocycles. The minimum absolute atomic E-state index is 0.275. The molecule has 2 N–H and O–H groups in total. The molecule has 1 aromatic rings. The topological polar surface area (TPSA) is 35.1 Å². The van der Waals surface area contributed by atoms with Crippen molar-refractivity contribution < 1.29 is 14.8 Å². The number of nitrogens with two attached hydrogens (primary N) is 1. The third-order valence-corrected chi connectivity index (χ3v) is 2.86. The van der Waals surface area contributed by atoms with E-state index in [9.17, 15) is 0 Å². The highest BCUT2D eigenvalue weighted by Crippen LogP contribution is 2.15. The quantitative estimate of drug-likeness (QED) is 0.783. The molecule has 0 amide bonds. The Hall–Kier alpha value is -0.580. The highest BCUT2D eigenvalue weighted by Gasteiger charge is 2.11. The Labute approximate surface area is 118 Å². The van der Waals surface area contributed by atoms with Gasteiger partial charge in [0.25, 0.3) is 0 Å². The number of hydrogen-bond acceptors (Lipinski definition) is 2. The number of halogens is 1. The highest BCUT2D eigenvalue weighted by atomic mass is 79.9. The summed E-state index contributed by atoms with van der Waals surface area (Å²) >= 11 is 3.39. The maximum atomic E-state index is 5.55. The summed E-state index contributed by atoms with van der Waals surface area (Å²) in [6, 6.07) is 7.82. The van der Waals surface area contributed by atoms with E-state index >= 15 is 0 Å². The van der Waals surface area contributed by atoms with Crippen LogP contribution in [0.4, 0.5) is 0 Å². The fourth-order valence-corrected chi connectivity index (χ4v) is 1.69. The molecule has 0 saturated carbocycles. The Morgan fingerprint density at radius 1 is 1.06 bits per heavy atom. The average molecular weight is 317 g/mol. The van der Waals surface area contributed by atoms with Gasteiger partial charge in [-0.1, -0.05) is 15.9 Å². The van der Waals surface area contributed by atoms with Crippen LogP contribution >= 0.6 is 15.9 Å². The Bertz CT molecular complexity index is 333. The van der Waals surface area contributed by atoms with Crippen molar-refractivity contribution in [3.8, 4) is 5.75 Å². The summed E-state index contributed by atoms with van der Waals surface area (Å²) in [5.74, 6) is 0.878. The Morgan fingerprint density at radius 3 is 2.33 bits per heavy atom. The number of quaternary nitrogens is 1. The lowest BCUT2D eigenvalue weighted by atomic mass is 10.1. The largest absolute Gasteiger partial charge is 0.491 e. The van der Waals surface area contributed by atoms with Gasteiger partial charge in [0.15, 0.2) is 0 Å². The lowest BCUT2D eigenvalue weighted by Gasteiger charge is -2.16. The molecule has 0 aromatic heterocycles. The van der Waals surface area contributed by atoms with Crippen LogP contribution in [0.2, 0.25) is 0 Å². The van der Waals surface area contributed by atoms with Gasteiger partial charge in [0.2, 0.25) is 0 Å². The maximum absolute atomic E-state index is 5.55.